The van der Waals surface area contributed by atoms with Crippen LogP contribution in [0.25, 0.3) is 0 Å². The average molecular weight is 514 g/mol. The van der Waals surface area contributed by atoms with Crippen molar-refractivity contribution in [3.8, 4) is 0 Å². The van der Waals surface area contributed by atoms with Gasteiger partial charge in [0.25, 0.3) is 5.91 Å². The Labute approximate surface area is 208 Å². The van der Waals surface area contributed by atoms with Gasteiger partial charge in [0.05, 0.1) is 29.1 Å². The van der Waals surface area contributed by atoms with Gasteiger partial charge in [0.15, 0.2) is 0 Å². The van der Waals surface area contributed by atoms with E-state index in [1.54, 1.807) is 60.7 Å². The molecule has 0 aromatic heterocycles. The SMILES string of the molecule is COP(=O)(OC)C1(O)C2C3C(=O)N(C)N(c4ccccc4)C(=O)C3C2C(=O)N(c2ccccc2)N1C. The molecule has 2 aliphatic heterocycles. The van der Waals surface area contributed by atoms with E-state index in [2.05, 4.69) is 0 Å². The summed E-state index contributed by atoms with van der Waals surface area (Å²) in [7, 11) is 0.726. The highest BCUT2D eigenvalue weighted by atomic mass is 31.2. The standard InChI is InChI=1S/C24H27N4O7P/c1-25-21(29)18-17(22(30)27(25)15-11-7-5-8-12-15)19-20(18)24(32,36(33,34-3)35-4)26(2)28(23(19)31)16-13-9-6-10-14-16/h5-14,17-20,32H,1-4H3. The van der Waals surface area contributed by atoms with Crippen molar-refractivity contribution < 1.29 is 33.1 Å². The number of anilines is 2. The number of hydrazine groups is 2. The lowest BCUT2D eigenvalue weighted by Crippen LogP contribution is -2.81. The molecule has 3 aliphatic rings. The predicted molar refractivity (Wildman–Crippen MR) is 129 cm³/mol. The summed E-state index contributed by atoms with van der Waals surface area (Å²) in [5.41, 5.74) is -1.57. The number of carbonyl (C=O) groups is 3. The molecule has 5 unspecified atom stereocenters. The van der Waals surface area contributed by atoms with Gasteiger partial charge >= 0.3 is 7.60 Å². The first-order valence-electron chi connectivity index (χ1n) is 11.4. The first-order chi connectivity index (χ1) is 17.1. The summed E-state index contributed by atoms with van der Waals surface area (Å²) in [5.74, 6) is -6.00. The fraction of sp³-hybridized carbons (Fsp3) is 0.375. The Morgan fingerprint density at radius 3 is 1.69 bits per heavy atom. The largest absolute Gasteiger partial charge is 0.378 e. The quantitative estimate of drug-likeness (QED) is 0.601. The zero-order valence-corrected chi connectivity index (χ0v) is 21.1. The number of hydrogen-bond acceptors (Lipinski definition) is 8. The van der Waals surface area contributed by atoms with Crippen molar-refractivity contribution in [3.63, 3.8) is 0 Å². The van der Waals surface area contributed by atoms with Crippen LogP contribution >= 0.6 is 7.60 Å². The summed E-state index contributed by atoms with van der Waals surface area (Å²) in [6.07, 6.45) is 0. The zero-order chi connectivity index (χ0) is 26.0. The molecule has 5 atom stereocenters. The lowest BCUT2D eigenvalue weighted by molar-refractivity contribution is -0.224. The molecule has 11 nitrogen and oxygen atoms in total. The van der Waals surface area contributed by atoms with Gasteiger partial charge in [-0.15, -0.1) is 0 Å². The molecule has 1 saturated carbocycles. The Morgan fingerprint density at radius 1 is 0.750 bits per heavy atom. The third kappa shape index (κ3) is 3.01. The smallest absolute Gasteiger partial charge is 0.364 e. The van der Waals surface area contributed by atoms with Crippen molar-refractivity contribution in [1.29, 1.82) is 0 Å². The molecule has 5 rings (SSSR count). The predicted octanol–water partition coefficient (Wildman–Crippen LogP) is 1.91. The van der Waals surface area contributed by atoms with Crippen LogP contribution in [0.15, 0.2) is 60.7 Å². The van der Waals surface area contributed by atoms with Gasteiger partial charge < -0.3 is 14.2 Å². The van der Waals surface area contributed by atoms with E-state index in [9.17, 15) is 24.1 Å². The van der Waals surface area contributed by atoms with Crippen LogP contribution in [-0.4, -0.2) is 66.6 Å². The van der Waals surface area contributed by atoms with Crippen LogP contribution in [0.5, 0.6) is 0 Å². The number of fused-ring (bicyclic) bond motifs is 4. The van der Waals surface area contributed by atoms with Crippen LogP contribution < -0.4 is 10.0 Å². The van der Waals surface area contributed by atoms with E-state index in [1.165, 1.54) is 29.1 Å². The molecule has 0 spiro atoms. The van der Waals surface area contributed by atoms with E-state index < -0.39 is 54.5 Å². The van der Waals surface area contributed by atoms with Gasteiger partial charge in [0, 0.05) is 34.2 Å². The number of aliphatic hydroxyl groups is 1. The Kier molecular flexibility index (Phi) is 5.81. The molecule has 1 aliphatic carbocycles. The molecule has 36 heavy (non-hydrogen) atoms. The number of carbonyl (C=O) groups excluding carboxylic acids is 3. The van der Waals surface area contributed by atoms with Crippen molar-refractivity contribution in [2.45, 2.75) is 5.47 Å². The van der Waals surface area contributed by atoms with E-state index >= 15 is 0 Å². The Morgan fingerprint density at radius 2 is 1.19 bits per heavy atom. The minimum absolute atomic E-state index is 0.385. The first kappa shape index (κ1) is 24.6. The Hall–Kier alpha value is -3.08. The minimum atomic E-state index is -4.36. The van der Waals surface area contributed by atoms with Crippen molar-refractivity contribution in [3.05, 3.63) is 60.7 Å². The molecule has 0 radical (unpaired) electrons. The lowest BCUT2D eigenvalue weighted by Gasteiger charge is -2.65. The highest BCUT2D eigenvalue weighted by molar-refractivity contribution is 7.55. The van der Waals surface area contributed by atoms with Gasteiger partial charge in [0.2, 0.25) is 17.3 Å². The second-order valence-corrected chi connectivity index (χ2v) is 11.4. The van der Waals surface area contributed by atoms with Gasteiger partial charge in [-0.25, -0.2) is 15.0 Å². The number of nitrogens with zero attached hydrogens (tertiary/aromatic N) is 4. The number of hydrogen-bond donors (Lipinski definition) is 1. The van der Waals surface area contributed by atoms with Crippen LogP contribution in [0.2, 0.25) is 0 Å². The molecule has 3 fully saturated rings. The monoisotopic (exact) mass is 514 g/mol. The number of para-hydroxylation sites is 2. The fourth-order valence-corrected chi connectivity index (χ4v) is 7.67. The highest BCUT2D eigenvalue weighted by Crippen LogP contribution is 2.71. The van der Waals surface area contributed by atoms with E-state index in [0.29, 0.717) is 11.4 Å². The zero-order valence-electron chi connectivity index (χ0n) is 20.2. The third-order valence-corrected chi connectivity index (χ3v) is 9.90. The maximum atomic E-state index is 13.9. The third-order valence-electron chi connectivity index (χ3n) is 7.55. The van der Waals surface area contributed by atoms with Crippen LogP contribution in [0, 0.1) is 23.7 Å². The van der Waals surface area contributed by atoms with E-state index in [-0.39, 0.29) is 0 Å². The van der Waals surface area contributed by atoms with Gasteiger partial charge in [0.1, 0.15) is 0 Å². The summed E-state index contributed by atoms with van der Waals surface area (Å²) in [6.45, 7) is 0. The summed E-state index contributed by atoms with van der Waals surface area (Å²) in [6, 6.07) is 17.1. The molecule has 2 saturated heterocycles. The maximum absolute atomic E-state index is 13.9. The normalized spacial score (nSPS) is 30.7. The van der Waals surface area contributed by atoms with Crippen LogP contribution in [0.3, 0.4) is 0 Å². The topological polar surface area (TPSA) is 120 Å². The lowest BCUT2D eigenvalue weighted by atomic mass is 9.52. The number of rotatable bonds is 5. The Balaban J connectivity index is 1.67. The van der Waals surface area contributed by atoms with E-state index in [4.69, 9.17) is 9.05 Å². The molecule has 3 amide bonds. The highest BCUT2D eigenvalue weighted by Gasteiger charge is 2.79. The van der Waals surface area contributed by atoms with Crippen LogP contribution in [0.1, 0.15) is 0 Å². The molecular weight excluding hydrogens is 487 g/mol. The fourth-order valence-electron chi connectivity index (χ4n) is 5.85. The average Bonchev–Trinajstić information content (AvgIpc) is 2.87. The summed E-state index contributed by atoms with van der Waals surface area (Å²) < 4.78 is 24.3. The summed E-state index contributed by atoms with van der Waals surface area (Å²) in [5, 5.41) is 16.8. The van der Waals surface area contributed by atoms with Crippen molar-refractivity contribution in [2.24, 2.45) is 23.7 Å². The van der Waals surface area contributed by atoms with E-state index in [0.717, 1.165) is 19.2 Å². The summed E-state index contributed by atoms with van der Waals surface area (Å²) >= 11 is 0. The Bertz CT molecular complexity index is 1250. The van der Waals surface area contributed by atoms with Crippen LogP contribution in [-0.2, 0) is 28.0 Å². The molecule has 2 aromatic carbocycles. The van der Waals surface area contributed by atoms with Gasteiger partial charge in [-0.2, -0.15) is 5.01 Å². The van der Waals surface area contributed by atoms with Gasteiger partial charge in [-0.3, -0.25) is 18.9 Å². The molecular formula is C24H27N4O7P. The molecule has 1 N–H and O–H groups in total. The van der Waals surface area contributed by atoms with Crippen molar-refractivity contribution >= 4 is 36.7 Å². The molecule has 2 heterocycles. The maximum Gasteiger partial charge on any atom is 0.378 e. The van der Waals surface area contributed by atoms with Gasteiger partial charge in [-0.05, 0) is 24.3 Å². The second kappa shape index (κ2) is 8.50. The van der Waals surface area contributed by atoms with Crippen LogP contribution in [0.4, 0.5) is 11.4 Å². The molecule has 190 valence electrons. The van der Waals surface area contributed by atoms with E-state index in [1.807, 2.05) is 0 Å². The summed E-state index contributed by atoms with van der Waals surface area (Å²) in [4.78, 5) is 41.4. The minimum Gasteiger partial charge on any atom is -0.364 e. The molecule has 12 heteroatoms. The van der Waals surface area contributed by atoms with Gasteiger partial charge in [-0.1, -0.05) is 36.4 Å². The van der Waals surface area contributed by atoms with Crippen molar-refractivity contribution in [1.82, 2.24) is 10.0 Å². The first-order valence-corrected chi connectivity index (χ1v) is 12.9. The van der Waals surface area contributed by atoms with Crippen molar-refractivity contribution in [2.75, 3.05) is 38.3 Å². The molecule has 2 aromatic rings. The number of benzene rings is 2. The molecule has 0 bridgehead atoms. The number of amides is 3. The second-order valence-electron chi connectivity index (χ2n) is 9.01.